The molecule has 0 saturated carbocycles. The van der Waals surface area contributed by atoms with Gasteiger partial charge in [0.1, 0.15) is 5.76 Å². The van der Waals surface area contributed by atoms with E-state index in [0.717, 1.165) is 30.0 Å². The van der Waals surface area contributed by atoms with Crippen LogP contribution < -0.4 is 0 Å². The Bertz CT molecular complexity index is 1580. The number of fused-ring (bicyclic) bond motifs is 1. The number of rotatable bonds is 0. The van der Waals surface area contributed by atoms with Crippen LogP contribution in [0.1, 0.15) is 153 Å². The van der Waals surface area contributed by atoms with E-state index in [9.17, 15) is 0 Å². The van der Waals surface area contributed by atoms with E-state index in [2.05, 4.69) is 166 Å². The fourth-order valence-corrected chi connectivity index (χ4v) is 4.75. The van der Waals surface area contributed by atoms with Crippen molar-refractivity contribution in [2.24, 2.45) is 10.4 Å². The highest BCUT2D eigenvalue weighted by Crippen LogP contribution is 2.32. The molecule has 0 unspecified atom stereocenters. The Kier molecular flexibility index (Phi) is 18.7. The van der Waals surface area contributed by atoms with Crippen molar-refractivity contribution in [1.82, 2.24) is 15.0 Å². The zero-order valence-corrected chi connectivity index (χ0v) is 33.9. The maximum Gasteiger partial charge on any atom is 0.109 e. The monoisotopic (exact) mass is 711 g/mol. The normalized spacial score (nSPS) is 13.2. The van der Waals surface area contributed by atoms with Crippen molar-refractivity contribution in [3.63, 3.8) is 0 Å². The molecule has 5 nitrogen and oxygen atoms in total. The first kappa shape index (κ1) is 48.0. The highest BCUT2D eigenvalue weighted by molar-refractivity contribution is 5.76. The van der Waals surface area contributed by atoms with Gasteiger partial charge in [0.05, 0.1) is 18.3 Å². The standard InChI is InChI=1S/C12H15N.C9H13N.C9H14.C8H12O.C7H12N2.2CH4/c1-12(2,3)10-5-4-9-6-7-13-11(9)8-10;1-9(2,3)8-6-4-5-7-10-8;1-9(2,3)8-6-4-5-7-8;1-8(2,3)7-5-4-6-9-7;1-7(2,3)6-4-8-5-9-6;;/h4-5,7-8H,6H2,1-3H3;4-7H,1-3H3;4-6H,7H2,1-3H3;4-6H,1-3H3;4-5H,1-3H3,(H,8,9);2*1H4. The summed E-state index contributed by atoms with van der Waals surface area (Å²) in [6, 6.07) is 16.6. The fourth-order valence-electron chi connectivity index (χ4n) is 4.75. The number of aromatic nitrogens is 3. The Morgan fingerprint density at radius 3 is 1.69 bits per heavy atom. The molecule has 288 valence electrons. The van der Waals surface area contributed by atoms with Gasteiger partial charge in [-0.1, -0.05) is 161 Å². The zero-order valence-electron chi connectivity index (χ0n) is 33.9. The third kappa shape index (κ3) is 17.0. The smallest absolute Gasteiger partial charge is 0.109 e. The maximum atomic E-state index is 5.20. The van der Waals surface area contributed by atoms with Gasteiger partial charge >= 0.3 is 0 Å². The minimum Gasteiger partial charge on any atom is -0.469 e. The molecule has 1 N–H and O–H groups in total. The van der Waals surface area contributed by atoms with Gasteiger partial charge in [0, 0.05) is 52.7 Å². The number of aliphatic imine (C=N–C) groups is 1. The van der Waals surface area contributed by atoms with Crippen molar-refractivity contribution in [3.05, 3.63) is 126 Å². The lowest BCUT2D eigenvalue weighted by molar-refractivity contribution is 0.409. The lowest BCUT2D eigenvalue weighted by Gasteiger charge is -2.19. The Morgan fingerprint density at radius 1 is 0.673 bits per heavy atom. The fraction of sp³-hybridized carbons (Fsp3) is 0.511. The largest absolute Gasteiger partial charge is 0.469 e. The average Bonchev–Trinajstić information content (AvgIpc) is 3.84. The van der Waals surface area contributed by atoms with Gasteiger partial charge in [0.15, 0.2) is 0 Å². The Balaban J connectivity index is 0.000000625. The van der Waals surface area contributed by atoms with Crippen LogP contribution in [0.25, 0.3) is 0 Å². The van der Waals surface area contributed by atoms with Crippen LogP contribution in [-0.4, -0.2) is 21.2 Å². The molecule has 0 amide bonds. The van der Waals surface area contributed by atoms with Crippen LogP contribution >= 0.6 is 0 Å². The molecule has 0 saturated heterocycles. The molecular weight excluding hydrogens is 637 g/mol. The highest BCUT2D eigenvalue weighted by Gasteiger charge is 2.18. The Hall–Kier alpha value is -3.99. The molecule has 2 aliphatic rings. The minimum atomic E-state index is 0. The van der Waals surface area contributed by atoms with Crippen LogP contribution in [-0.2, 0) is 28.1 Å². The Labute approximate surface area is 319 Å². The van der Waals surface area contributed by atoms with Gasteiger partial charge in [0.2, 0.25) is 0 Å². The molecule has 4 aromatic rings. The van der Waals surface area contributed by atoms with Crippen LogP contribution in [0.2, 0.25) is 0 Å². The number of aromatic amines is 1. The first-order valence-corrected chi connectivity index (χ1v) is 18.0. The third-order valence-corrected chi connectivity index (χ3v) is 8.23. The second-order valence-electron chi connectivity index (χ2n) is 18.1. The maximum absolute atomic E-state index is 5.20. The second-order valence-corrected chi connectivity index (χ2v) is 18.1. The number of furan rings is 1. The quantitative estimate of drug-likeness (QED) is 0.197. The van der Waals surface area contributed by atoms with Gasteiger partial charge in [-0.15, -0.1) is 0 Å². The van der Waals surface area contributed by atoms with Gasteiger partial charge in [-0.25, -0.2) is 4.98 Å². The van der Waals surface area contributed by atoms with E-state index in [1.807, 2.05) is 42.9 Å². The van der Waals surface area contributed by atoms with Crippen molar-refractivity contribution < 1.29 is 4.42 Å². The summed E-state index contributed by atoms with van der Waals surface area (Å²) in [6.07, 6.45) is 17.8. The number of nitrogens with one attached hydrogen (secondary N) is 1. The number of allylic oxidation sites excluding steroid dienone is 4. The lowest BCUT2D eigenvalue weighted by atomic mass is 9.86. The second kappa shape index (κ2) is 20.3. The van der Waals surface area contributed by atoms with Crippen molar-refractivity contribution in [2.75, 3.05) is 0 Å². The van der Waals surface area contributed by atoms with E-state index in [0.29, 0.717) is 5.41 Å². The first-order chi connectivity index (χ1) is 23.0. The predicted octanol–water partition coefficient (Wildman–Crippen LogP) is 14.1. The third-order valence-electron chi connectivity index (χ3n) is 8.23. The molecule has 5 heteroatoms. The topological polar surface area (TPSA) is 67.1 Å². The van der Waals surface area contributed by atoms with Crippen molar-refractivity contribution in [1.29, 1.82) is 0 Å². The summed E-state index contributed by atoms with van der Waals surface area (Å²) in [6.45, 7) is 32.8. The molecule has 6 rings (SSSR count). The van der Waals surface area contributed by atoms with Crippen LogP contribution in [0.4, 0.5) is 5.69 Å². The van der Waals surface area contributed by atoms with Gasteiger partial charge in [-0.05, 0) is 58.7 Å². The summed E-state index contributed by atoms with van der Waals surface area (Å²) in [5, 5.41) is 0. The van der Waals surface area contributed by atoms with Crippen LogP contribution in [0, 0.1) is 5.41 Å². The molecule has 52 heavy (non-hydrogen) atoms. The number of nitrogens with zero attached hydrogens (tertiary/aromatic N) is 3. The molecule has 1 aromatic carbocycles. The van der Waals surface area contributed by atoms with E-state index in [1.54, 1.807) is 18.2 Å². The zero-order chi connectivity index (χ0) is 37.8. The van der Waals surface area contributed by atoms with Gasteiger partial charge in [0.25, 0.3) is 0 Å². The number of imidazole rings is 1. The molecule has 0 spiro atoms. The molecule has 0 atom stereocenters. The van der Waals surface area contributed by atoms with Crippen molar-refractivity contribution in [2.45, 2.75) is 153 Å². The van der Waals surface area contributed by atoms with E-state index >= 15 is 0 Å². The molecular formula is C47H74N4O. The van der Waals surface area contributed by atoms with Gasteiger partial charge < -0.3 is 9.40 Å². The number of pyridine rings is 1. The number of hydrogen-bond acceptors (Lipinski definition) is 4. The number of benzene rings is 1. The molecule has 1 aliphatic heterocycles. The van der Waals surface area contributed by atoms with Crippen LogP contribution in [0.5, 0.6) is 0 Å². The van der Waals surface area contributed by atoms with Crippen LogP contribution in [0.15, 0.2) is 107 Å². The Morgan fingerprint density at radius 2 is 1.35 bits per heavy atom. The summed E-state index contributed by atoms with van der Waals surface area (Å²) in [5.41, 5.74) is 8.91. The molecule has 3 aromatic heterocycles. The summed E-state index contributed by atoms with van der Waals surface area (Å²) in [7, 11) is 0. The molecule has 0 radical (unpaired) electrons. The van der Waals surface area contributed by atoms with E-state index in [1.165, 1.54) is 16.8 Å². The van der Waals surface area contributed by atoms with E-state index < -0.39 is 0 Å². The summed E-state index contributed by atoms with van der Waals surface area (Å²) in [5.74, 6) is 1.04. The molecule has 0 fully saturated rings. The van der Waals surface area contributed by atoms with E-state index in [-0.39, 0.29) is 36.5 Å². The highest BCUT2D eigenvalue weighted by atomic mass is 16.3. The summed E-state index contributed by atoms with van der Waals surface area (Å²) in [4.78, 5) is 15.6. The number of hydrogen-bond donors (Lipinski definition) is 1. The summed E-state index contributed by atoms with van der Waals surface area (Å²) >= 11 is 0. The summed E-state index contributed by atoms with van der Waals surface area (Å²) < 4.78 is 5.20. The average molecular weight is 711 g/mol. The lowest BCUT2D eigenvalue weighted by Crippen LogP contribution is -2.12. The molecule has 1 aliphatic carbocycles. The number of H-pyrrole nitrogens is 1. The van der Waals surface area contributed by atoms with Crippen LogP contribution in [0.3, 0.4) is 0 Å². The minimum absolute atomic E-state index is 0. The first-order valence-electron chi connectivity index (χ1n) is 18.0. The predicted molar refractivity (Wildman–Crippen MR) is 229 cm³/mol. The van der Waals surface area contributed by atoms with Gasteiger partial charge in [-0.2, -0.15) is 0 Å². The van der Waals surface area contributed by atoms with Crippen molar-refractivity contribution >= 4 is 11.9 Å². The van der Waals surface area contributed by atoms with E-state index in [4.69, 9.17) is 4.42 Å². The molecule has 4 heterocycles. The molecule has 0 bridgehead atoms. The van der Waals surface area contributed by atoms with Crippen molar-refractivity contribution in [3.8, 4) is 0 Å². The van der Waals surface area contributed by atoms with Gasteiger partial charge in [-0.3, -0.25) is 9.98 Å². The SMILES string of the molecule is C.C.CC(C)(C)C1=CC=CC1.CC(C)(C)c1ccc2c(c1)N=CC2.CC(C)(C)c1ccccn1.CC(C)(C)c1ccco1.CC(C)(C)c1cnc[nH]1.